The first-order chi connectivity index (χ1) is 11.4. The van der Waals surface area contributed by atoms with Gasteiger partial charge in [0.05, 0.1) is 0 Å². The van der Waals surface area contributed by atoms with Gasteiger partial charge in [0.2, 0.25) is 5.91 Å². The van der Waals surface area contributed by atoms with Crippen LogP contribution in [0, 0.1) is 0 Å². The van der Waals surface area contributed by atoms with Gasteiger partial charge in [0.1, 0.15) is 6.54 Å². The molecule has 0 spiro atoms. The SMILES string of the molecule is C[C@@H](OC(=O)CNC(=O)c1ccc(N2CCCC2=O)cc1)C(N)=O. The van der Waals surface area contributed by atoms with Crippen LogP contribution >= 0.6 is 0 Å². The molecule has 1 aliphatic heterocycles. The van der Waals surface area contributed by atoms with Crippen LogP contribution in [0.15, 0.2) is 24.3 Å². The summed E-state index contributed by atoms with van der Waals surface area (Å²) in [5.41, 5.74) is 6.06. The minimum absolute atomic E-state index is 0.0681. The van der Waals surface area contributed by atoms with Crippen LogP contribution in [-0.4, -0.2) is 42.9 Å². The first-order valence-corrected chi connectivity index (χ1v) is 7.56. The summed E-state index contributed by atoms with van der Waals surface area (Å²) in [6, 6.07) is 6.53. The molecule has 1 aliphatic rings. The van der Waals surface area contributed by atoms with Crippen LogP contribution in [0.4, 0.5) is 5.69 Å². The Morgan fingerprint density at radius 1 is 1.29 bits per heavy atom. The molecule has 8 nitrogen and oxygen atoms in total. The summed E-state index contributed by atoms with van der Waals surface area (Å²) in [5, 5.41) is 2.39. The standard InChI is InChI=1S/C16H19N3O5/c1-10(15(17)22)24-14(21)9-18-16(23)11-4-6-12(7-5-11)19-8-2-3-13(19)20/h4-7,10H,2-3,8-9H2,1H3,(H2,17,22)(H,18,23)/t10-/m1/s1. The molecule has 3 amide bonds. The Hall–Kier alpha value is -2.90. The number of nitrogens with two attached hydrogens (primary N) is 1. The van der Waals surface area contributed by atoms with Crippen molar-refractivity contribution >= 4 is 29.4 Å². The van der Waals surface area contributed by atoms with E-state index in [-0.39, 0.29) is 12.5 Å². The van der Waals surface area contributed by atoms with Crippen molar-refractivity contribution in [3.8, 4) is 0 Å². The van der Waals surface area contributed by atoms with Crippen molar-refractivity contribution < 1.29 is 23.9 Å². The number of carbonyl (C=O) groups excluding carboxylic acids is 4. The van der Waals surface area contributed by atoms with Crippen molar-refractivity contribution in [1.82, 2.24) is 5.32 Å². The van der Waals surface area contributed by atoms with Crippen LogP contribution in [-0.2, 0) is 19.1 Å². The van der Waals surface area contributed by atoms with Crippen molar-refractivity contribution in [2.45, 2.75) is 25.9 Å². The summed E-state index contributed by atoms with van der Waals surface area (Å²) >= 11 is 0. The monoisotopic (exact) mass is 333 g/mol. The van der Waals surface area contributed by atoms with E-state index in [4.69, 9.17) is 10.5 Å². The average Bonchev–Trinajstić information content (AvgIpc) is 2.98. The van der Waals surface area contributed by atoms with E-state index in [1.165, 1.54) is 6.92 Å². The van der Waals surface area contributed by atoms with Gasteiger partial charge in [-0.25, -0.2) is 0 Å². The normalized spacial score (nSPS) is 15.0. The zero-order chi connectivity index (χ0) is 17.7. The van der Waals surface area contributed by atoms with Crippen LogP contribution in [0.25, 0.3) is 0 Å². The molecular formula is C16H19N3O5. The Labute approximate surface area is 138 Å². The maximum Gasteiger partial charge on any atom is 0.326 e. The quantitative estimate of drug-likeness (QED) is 0.708. The van der Waals surface area contributed by atoms with Gasteiger partial charge in [-0.05, 0) is 37.6 Å². The molecule has 0 saturated carbocycles. The van der Waals surface area contributed by atoms with Crippen LogP contribution in [0.1, 0.15) is 30.1 Å². The van der Waals surface area contributed by atoms with E-state index in [1.54, 1.807) is 29.2 Å². The molecule has 0 radical (unpaired) electrons. The third kappa shape index (κ3) is 4.31. The minimum atomic E-state index is -1.05. The molecule has 0 aromatic heterocycles. The number of nitrogens with one attached hydrogen (secondary N) is 1. The molecule has 24 heavy (non-hydrogen) atoms. The van der Waals surface area contributed by atoms with Crippen LogP contribution in [0.3, 0.4) is 0 Å². The Morgan fingerprint density at radius 3 is 2.50 bits per heavy atom. The summed E-state index contributed by atoms with van der Waals surface area (Å²) in [7, 11) is 0. The largest absolute Gasteiger partial charge is 0.451 e. The maximum absolute atomic E-state index is 12.0. The second-order valence-electron chi connectivity index (χ2n) is 5.41. The van der Waals surface area contributed by atoms with E-state index in [0.717, 1.165) is 12.1 Å². The predicted molar refractivity (Wildman–Crippen MR) is 85.1 cm³/mol. The van der Waals surface area contributed by atoms with Crippen molar-refractivity contribution in [2.75, 3.05) is 18.0 Å². The molecule has 3 N–H and O–H groups in total. The van der Waals surface area contributed by atoms with Gasteiger partial charge in [-0.2, -0.15) is 0 Å². The summed E-state index contributed by atoms with van der Waals surface area (Å²) in [6.45, 7) is 1.65. The predicted octanol–water partition coefficient (Wildman–Crippen LogP) is -0.0398. The van der Waals surface area contributed by atoms with E-state index in [0.29, 0.717) is 18.5 Å². The van der Waals surface area contributed by atoms with E-state index in [2.05, 4.69) is 5.32 Å². The number of nitrogens with zero attached hydrogens (tertiary/aromatic N) is 1. The number of benzene rings is 1. The Morgan fingerprint density at radius 2 is 1.96 bits per heavy atom. The number of rotatable bonds is 6. The summed E-state index contributed by atoms with van der Waals surface area (Å²) in [5.74, 6) is -1.91. The van der Waals surface area contributed by atoms with Gasteiger partial charge >= 0.3 is 5.97 Å². The highest BCUT2D eigenvalue weighted by Gasteiger charge is 2.21. The van der Waals surface area contributed by atoms with E-state index >= 15 is 0 Å². The summed E-state index contributed by atoms with van der Waals surface area (Å²) in [6.07, 6.45) is 0.313. The molecule has 1 heterocycles. The van der Waals surface area contributed by atoms with Gasteiger partial charge in [-0.3, -0.25) is 19.2 Å². The summed E-state index contributed by atoms with van der Waals surface area (Å²) in [4.78, 5) is 47.6. The topological polar surface area (TPSA) is 119 Å². The molecule has 0 bridgehead atoms. The number of hydrogen-bond acceptors (Lipinski definition) is 5. The van der Waals surface area contributed by atoms with Crippen molar-refractivity contribution in [2.24, 2.45) is 5.73 Å². The first-order valence-electron chi connectivity index (χ1n) is 7.56. The Kier molecular flexibility index (Phi) is 5.51. The van der Waals surface area contributed by atoms with E-state index in [9.17, 15) is 19.2 Å². The molecule has 1 aromatic rings. The highest BCUT2D eigenvalue weighted by Crippen LogP contribution is 2.21. The molecule has 0 unspecified atom stereocenters. The third-order valence-electron chi connectivity index (χ3n) is 3.62. The van der Waals surface area contributed by atoms with E-state index in [1.807, 2.05) is 0 Å². The lowest BCUT2D eigenvalue weighted by Gasteiger charge is -2.15. The number of carbonyl (C=O) groups is 4. The van der Waals surface area contributed by atoms with Crippen LogP contribution in [0.5, 0.6) is 0 Å². The van der Waals surface area contributed by atoms with Crippen LogP contribution in [0.2, 0.25) is 0 Å². The van der Waals surface area contributed by atoms with Gasteiger partial charge in [0.15, 0.2) is 6.10 Å². The Bertz CT molecular complexity index is 656. The first kappa shape index (κ1) is 17.5. The third-order valence-corrected chi connectivity index (χ3v) is 3.62. The molecule has 0 aliphatic carbocycles. The number of amides is 3. The fourth-order valence-electron chi connectivity index (χ4n) is 2.27. The van der Waals surface area contributed by atoms with Crippen molar-refractivity contribution in [3.05, 3.63) is 29.8 Å². The molecule has 8 heteroatoms. The zero-order valence-corrected chi connectivity index (χ0v) is 13.3. The molecule has 1 fully saturated rings. The average molecular weight is 333 g/mol. The summed E-state index contributed by atoms with van der Waals surface area (Å²) < 4.78 is 4.72. The highest BCUT2D eigenvalue weighted by molar-refractivity contribution is 5.98. The van der Waals surface area contributed by atoms with Crippen molar-refractivity contribution in [1.29, 1.82) is 0 Å². The van der Waals surface area contributed by atoms with Gasteiger partial charge < -0.3 is 20.7 Å². The molecule has 1 atom stereocenters. The molecule has 128 valence electrons. The van der Waals surface area contributed by atoms with Gasteiger partial charge in [0.25, 0.3) is 11.8 Å². The van der Waals surface area contributed by atoms with Crippen LogP contribution < -0.4 is 16.0 Å². The number of hydrogen-bond donors (Lipinski definition) is 2. The van der Waals surface area contributed by atoms with Gasteiger partial charge in [-0.15, -0.1) is 0 Å². The second kappa shape index (κ2) is 7.58. The van der Waals surface area contributed by atoms with Crippen molar-refractivity contribution in [3.63, 3.8) is 0 Å². The highest BCUT2D eigenvalue weighted by atomic mass is 16.5. The number of primary amides is 1. The number of anilines is 1. The lowest BCUT2D eigenvalue weighted by Crippen LogP contribution is -2.36. The Balaban J connectivity index is 1.87. The molecular weight excluding hydrogens is 314 g/mol. The second-order valence-corrected chi connectivity index (χ2v) is 5.41. The smallest absolute Gasteiger partial charge is 0.326 e. The number of ether oxygens (including phenoxy) is 1. The molecule has 1 saturated heterocycles. The number of esters is 1. The minimum Gasteiger partial charge on any atom is -0.451 e. The molecule has 1 aromatic carbocycles. The lowest BCUT2D eigenvalue weighted by atomic mass is 10.2. The fourth-order valence-corrected chi connectivity index (χ4v) is 2.27. The van der Waals surface area contributed by atoms with Gasteiger partial charge in [-0.1, -0.05) is 0 Å². The fraction of sp³-hybridized carbons (Fsp3) is 0.375. The maximum atomic E-state index is 12.0. The van der Waals surface area contributed by atoms with E-state index < -0.39 is 23.9 Å². The van der Waals surface area contributed by atoms with Gasteiger partial charge in [0, 0.05) is 24.2 Å². The zero-order valence-electron chi connectivity index (χ0n) is 13.3. The molecule has 2 rings (SSSR count). The lowest BCUT2D eigenvalue weighted by molar-refractivity contribution is -0.152.